The van der Waals surface area contributed by atoms with E-state index in [-0.39, 0.29) is 43.9 Å². The lowest BCUT2D eigenvalue weighted by Crippen LogP contribution is -2.44. The third-order valence-corrected chi connectivity index (χ3v) is 6.81. The van der Waals surface area contributed by atoms with Crippen LogP contribution in [-0.2, 0) is 16.1 Å². The first-order chi connectivity index (χ1) is 19.5. The van der Waals surface area contributed by atoms with Crippen LogP contribution in [0.2, 0.25) is 5.02 Å². The number of hydrogen-bond donors (Lipinski definition) is 2. The van der Waals surface area contributed by atoms with E-state index in [0.29, 0.717) is 27.1 Å². The number of halogens is 2. The molecule has 2 amide bonds. The van der Waals surface area contributed by atoms with Crippen molar-refractivity contribution in [2.45, 2.75) is 12.6 Å². The van der Waals surface area contributed by atoms with Gasteiger partial charge in [-0.25, -0.2) is 19.2 Å². The van der Waals surface area contributed by atoms with E-state index in [2.05, 4.69) is 25.7 Å². The summed E-state index contributed by atoms with van der Waals surface area (Å²) in [5.41, 5.74) is 2.20. The largest absolute Gasteiger partial charge is 0.445 e. The molecular formula is C28H23ClFN7O3. The van der Waals surface area contributed by atoms with Crippen LogP contribution in [0, 0.1) is 5.82 Å². The van der Waals surface area contributed by atoms with Gasteiger partial charge in [0.2, 0.25) is 11.9 Å². The van der Waals surface area contributed by atoms with Gasteiger partial charge in [0.1, 0.15) is 18.5 Å². The number of anilines is 1. The second-order valence-electron chi connectivity index (χ2n) is 9.23. The first-order valence-electron chi connectivity index (χ1n) is 12.6. The molecular weight excluding hydrogens is 537 g/mol. The average molecular weight is 560 g/mol. The van der Waals surface area contributed by atoms with Gasteiger partial charge in [-0.3, -0.25) is 4.79 Å². The fourth-order valence-electron chi connectivity index (χ4n) is 4.52. The fourth-order valence-corrected chi connectivity index (χ4v) is 4.73. The lowest BCUT2D eigenvalue weighted by molar-refractivity contribution is -0.121. The molecule has 0 unspecified atom stereocenters. The topological polar surface area (TPSA) is 114 Å². The summed E-state index contributed by atoms with van der Waals surface area (Å²) < 4.78 is 20.9. The minimum absolute atomic E-state index is 0.0225. The Hall–Kier alpha value is -4.77. The molecule has 0 spiro atoms. The lowest BCUT2D eigenvalue weighted by atomic mass is 10.2. The zero-order valence-corrected chi connectivity index (χ0v) is 21.8. The summed E-state index contributed by atoms with van der Waals surface area (Å²) >= 11 is 6.48. The van der Waals surface area contributed by atoms with Gasteiger partial charge in [-0.05, 0) is 29.8 Å². The monoisotopic (exact) mass is 559 g/mol. The molecule has 0 bridgehead atoms. The molecule has 2 N–H and O–H groups in total. The molecule has 1 atom stereocenters. The van der Waals surface area contributed by atoms with Gasteiger partial charge in [0.25, 0.3) is 0 Å². The summed E-state index contributed by atoms with van der Waals surface area (Å²) in [4.78, 5) is 36.7. The van der Waals surface area contributed by atoms with E-state index in [9.17, 15) is 14.0 Å². The Balaban J connectivity index is 1.33. The molecule has 1 aliphatic heterocycles. The molecule has 6 rings (SSSR count). The highest BCUT2D eigenvalue weighted by Crippen LogP contribution is 2.29. The molecule has 3 heterocycles. The number of nitrogens with one attached hydrogen (secondary N) is 2. The Kier molecular flexibility index (Phi) is 6.87. The van der Waals surface area contributed by atoms with E-state index in [1.54, 1.807) is 30.3 Å². The maximum atomic E-state index is 13.9. The lowest BCUT2D eigenvalue weighted by Gasteiger charge is -2.23. The molecule has 0 aliphatic carbocycles. The first kappa shape index (κ1) is 25.5. The number of carbonyl (C=O) groups is 2. The van der Waals surface area contributed by atoms with Crippen LogP contribution in [0.15, 0.2) is 72.8 Å². The molecule has 10 nitrogen and oxygen atoms in total. The Morgan fingerprint density at radius 2 is 1.93 bits per heavy atom. The molecule has 1 fully saturated rings. The van der Waals surface area contributed by atoms with Gasteiger partial charge in [-0.1, -0.05) is 60.1 Å². The fraction of sp³-hybridized carbons (Fsp3) is 0.179. The van der Waals surface area contributed by atoms with Crippen molar-refractivity contribution in [2.75, 3.05) is 25.0 Å². The van der Waals surface area contributed by atoms with Gasteiger partial charge < -0.3 is 20.3 Å². The minimum Gasteiger partial charge on any atom is -0.445 e. The van der Waals surface area contributed by atoms with E-state index >= 15 is 0 Å². The molecule has 12 heteroatoms. The smallest absolute Gasteiger partial charge is 0.410 e. The van der Waals surface area contributed by atoms with Crippen molar-refractivity contribution in [3.05, 3.63) is 89.2 Å². The van der Waals surface area contributed by atoms with Crippen molar-refractivity contribution in [3.8, 4) is 11.4 Å². The standard InChI is InChI=1S/C28H23ClFN7O3/c29-21-11-5-10-20-23(21)33-27(37-25(20)34-24(35-37)18-8-4-9-19(30)14-18)32-22-15-36(13-12-31-26(22)38)28(39)40-16-17-6-2-1-3-7-17/h1-11,14,22H,12-13,15-16H2,(H,31,38)(H,32,33)/t22-/m1/s1. The van der Waals surface area contributed by atoms with Gasteiger partial charge in [-0.15, -0.1) is 5.10 Å². The van der Waals surface area contributed by atoms with Crippen LogP contribution >= 0.6 is 11.6 Å². The molecule has 2 aromatic heterocycles. The highest BCUT2D eigenvalue weighted by molar-refractivity contribution is 6.35. The molecule has 5 aromatic rings. The SMILES string of the molecule is O=C1NCCN(C(=O)OCc2ccccc2)C[C@H]1Nc1nc2c(Cl)cccc2c2nc(-c3cccc(F)c3)nn12. The number of benzene rings is 3. The van der Waals surface area contributed by atoms with Gasteiger partial charge in [0.15, 0.2) is 11.5 Å². The van der Waals surface area contributed by atoms with Crippen LogP contribution in [0.1, 0.15) is 5.56 Å². The second kappa shape index (κ2) is 10.8. The highest BCUT2D eigenvalue weighted by atomic mass is 35.5. The Bertz CT molecular complexity index is 1730. The van der Waals surface area contributed by atoms with Crippen LogP contribution in [0.25, 0.3) is 27.9 Å². The second-order valence-corrected chi connectivity index (χ2v) is 9.63. The number of ether oxygens (including phenoxy) is 1. The van der Waals surface area contributed by atoms with Crippen molar-refractivity contribution < 1.29 is 18.7 Å². The Morgan fingerprint density at radius 1 is 1.10 bits per heavy atom. The van der Waals surface area contributed by atoms with Crippen LogP contribution in [0.3, 0.4) is 0 Å². The molecule has 0 radical (unpaired) electrons. The quantitative estimate of drug-likeness (QED) is 0.330. The van der Waals surface area contributed by atoms with Crippen LogP contribution < -0.4 is 10.6 Å². The number of amides is 2. The number of hydrogen-bond acceptors (Lipinski definition) is 7. The summed E-state index contributed by atoms with van der Waals surface area (Å²) in [5.74, 6) is -0.285. The zero-order valence-electron chi connectivity index (χ0n) is 21.1. The molecule has 1 saturated heterocycles. The zero-order chi connectivity index (χ0) is 27.6. The first-order valence-corrected chi connectivity index (χ1v) is 12.9. The summed E-state index contributed by atoms with van der Waals surface area (Å²) in [6.45, 7) is 0.672. The Morgan fingerprint density at radius 3 is 2.75 bits per heavy atom. The molecule has 202 valence electrons. The van der Waals surface area contributed by atoms with Crippen LogP contribution in [0.4, 0.5) is 15.1 Å². The van der Waals surface area contributed by atoms with E-state index in [4.69, 9.17) is 16.3 Å². The summed E-state index contributed by atoms with van der Waals surface area (Å²) in [6, 6.07) is 19.7. The molecule has 1 aliphatic rings. The molecule has 40 heavy (non-hydrogen) atoms. The number of carbonyl (C=O) groups excluding carboxylic acids is 2. The van der Waals surface area contributed by atoms with Gasteiger partial charge >= 0.3 is 6.09 Å². The predicted molar refractivity (Wildman–Crippen MR) is 147 cm³/mol. The molecule has 3 aromatic carbocycles. The van der Waals surface area contributed by atoms with Crippen LogP contribution in [0.5, 0.6) is 0 Å². The predicted octanol–water partition coefficient (Wildman–Crippen LogP) is 4.29. The van der Waals surface area contributed by atoms with Gasteiger partial charge in [0.05, 0.1) is 17.1 Å². The minimum atomic E-state index is -0.885. The summed E-state index contributed by atoms with van der Waals surface area (Å²) in [7, 11) is 0. The number of nitrogens with zero attached hydrogens (tertiary/aromatic N) is 5. The summed E-state index contributed by atoms with van der Waals surface area (Å²) in [5, 5.41) is 11.5. The average Bonchev–Trinajstić information content (AvgIpc) is 3.34. The number of aromatic nitrogens is 4. The maximum absolute atomic E-state index is 13.9. The van der Waals surface area contributed by atoms with Gasteiger partial charge in [0, 0.05) is 24.0 Å². The van der Waals surface area contributed by atoms with Gasteiger partial charge in [-0.2, -0.15) is 4.52 Å². The normalized spacial score (nSPS) is 15.6. The van der Waals surface area contributed by atoms with Crippen LogP contribution in [-0.4, -0.2) is 62.2 Å². The van der Waals surface area contributed by atoms with Crippen molar-refractivity contribution in [2.24, 2.45) is 0 Å². The molecule has 0 saturated carbocycles. The van der Waals surface area contributed by atoms with E-state index in [1.165, 1.54) is 21.5 Å². The van der Waals surface area contributed by atoms with E-state index in [0.717, 1.165) is 5.56 Å². The number of para-hydroxylation sites is 1. The Labute approximate surface area is 232 Å². The highest BCUT2D eigenvalue weighted by Gasteiger charge is 2.30. The van der Waals surface area contributed by atoms with Crippen molar-refractivity contribution >= 4 is 46.1 Å². The summed E-state index contributed by atoms with van der Waals surface area (Å²) in [6.07, 6.45) is -0.541. The maximum Gasteiger partial charge on any atom is 0.410 e. The third kappa shape index (κ3) is 5.10. The van der Waals surface area contributed by atoms with E-state index in [1.807, 2.05) is 30.3 Å². The number of fused-ring (bicyclic) bond motifs is 3. The van der Waals surface area contributed by atoms with Crippen molar-refractivity contribution in [3.63, 3.8) is 0 Å². The van der Waals surface area contributed by atoms with E-state index < -0.39 is 18.0 Å². The number of rotatable bonds is 5. The van der Waals surface area contributed by atoms with Crippen molar-refractivity contribution in [1.29, 1.82) is 0 Å². The third-order valence-electron chi connectivity index (χ3n) is 6.50. The van der Waals surface area contributed by atoms with Crippen molar-refractivity contribution in [1.82, 2.24) is 29.8 Å².